The van der Waals surface area contributed by atoms with Crippen molar-refractivity contribution in [3.05, 3.63) is 71.0 Å². The van der Waals surface area contributed by atoms with Crippen LogP contribution in [-0.4, -0.2) is 43.1 Å². The molecule has 1 aliphatic carbocycles. The molecule has 0 aliphatic heterocycles. The molecular formula is C21H20N8O2. The molecule has 0 saturated heterocycles. The molecule has 3 N–H and O–H groups in total. The molecule has 1 saturated carbocycles. The van der Waals surface area contributed by atoms with Gasteiger partial charge in [-0.25, -0.2) is 14.5 Å². The van der Waals surface area contributed by atoms with E-state index in [4.69, 9.17) is 0 Å². The first-order valence-corrected chi connectivity index (χ1v) is 9.91. The van der Waals surface area contributed by atoms with Gasteiger partial charge in [0.15, 0.2) is 17.2 Å². The van der Waals surface area contributed by atoms with Crippen LogP contribution in [0.3, 0.4) is 0 Å². The van der Waals surface area contributed by atoms with Gasteiger partial charge in [0.05, 0.1) is 11.9 Å². The van der Waals surface area contributed by atoms with Crippen molar-refractivity contribution in [3.63, 3.8) is 0 Å². The molecular weight excluding hydrogens is 396 g/mol. The Balaban J connectivity index is 1.53. The third-order valence-electron chi connectivity index (χ3n) is 4.99. The molecule has 0 aromatic carbocycles. The minimum absolute atomic E-state index is 0.220. The second-order valence-corrected chi connectivity index (χ2v) is 7.23. The van der Waals surface area contributed by atoms with Gasteiger partial charge >= 0.3 is 0 Å². The van der Waals surface area contributed by atoms with E-state index in [9.17, 15) is 9.59 Å². The highest BCUT2D eigenvalue weighted by Crippen LogP contribution is 2.23. The normalized spacial score (nSPS) is 13.2. The summed E-state index contributed by atoms with van der Waals surface area (Å²) in [5.74, 6) is 0.689. The summed E-state index contributed by atoms with van der Waals surface area (Å²) in [5.41, 5.74) is 1.58. The topological polar surface area (TPSA) is 118 Å². The van der Waals surface area contributed by atoms with Crippen LogP contribution in [0.4, 0.5) is 17.2 Å². The van der Waals surface area contributed by atoms with Crippen LogP contribution in [-0.2, 0) is 0 Å². The third kappa shape index (κ3) is 3.59. The van der Waals surface area contributed by atoms with Crippen molar-refractivity contribution < 1.29 is 4.79 Å². The van der Waals surface area contributed by atoms with Crippen molar-refractivity contribution >= 4 is 28.7 Å². The number of imidazole rings is 1. The van der Waals surface area contributed by atoms with E-state index < -0.39 is 0 Å². The molecule has 1 aliphatic rings. The van der Waals surface area contributed by atoms with E-state index in [1.807, 2.05) is 6.07 Å². The summed E-state index contributed by atoms with van der Waals surface area (Å²) in [5, 5.41) is 13.6. The summed E-state index contributed by atoms with van der Waals surface area (Å²) in [6, 6.07) is 10.7. The van der Waals surface area contributed by atoms with Gasteiger partial charge in [0.25, 0.3) is 11.5 Å². The number of hydrogen-bond donors (Lipinski definition) is 3. The number of fused-ring (bicyclic) bond motifs is 1. The fraction of sp³-hybridized carbons (Fsp3) is 0.190. The maximum absolute atomic E-state index is 13.0. The van der Waals surface area contributed by atoms with Crippen molar-refractivity contribution in [3.8, 4) is 5.82 Å². The zero-order valence-corrected chi connectivity index (χ0v) is 16.7. The molecule has 0 unspecified atom stereocenters. The van der Waals surface area contributed by atoms with Crippen molar-refractivity contribution in [2.24, 2.45) is 0 Å². The molecule has 5 rings (SSSR count). The average Bonchev–Trinajstić information content (AvgIpc) is 3.50. The van der Waals surface area contributed by atoms with Crippen molar-refractivity contribution in [1.29, 1.82) is 0 Å². The minimum atomic E-state index is -0.272. The van der Waals surface area contributed by atoms with Crippen LogP contribution in [0.25, 0.3) is 11.5 Å². The fourth-order valence-electron chi connectivity index (χ4n) is 3.26. The largest absolute Gasteiger partial charge is 0.385 e. The summed E-state index contributed by atoms with van der Waals surface area (Å²) >= 11 is 0. The van der Waals surface area contributed by atoms with Gasteiger partial charge in [-0.3, -0.25) is 14.2 Å². The first-order chi connectivity index (χ1) is 15.1. The summed E-state index contributed by atoms with van der Waals surface area (Å²) in [7, 11) is 1.76. The number of nitrogens with zero attached hydrogens (tertiary/aromatic N) is 5. The molecule has 0 bridgehead atoms. The number of nitrogens with one attached hydrogen (secondary N) is 3. The predicted molar refractivity (Wildman–Crippen MR) is 116 cm³/mol. The number of hydrogen-bond acceptors (Lipinski definition) is 7. The van der Waals surface area contributed by atoms with Crippen LogP contribution >= 0.6 is 0 Å². The molecule has 4 aromatic rings. The van der Waals surface area contributed by atoms with Crippen LogP contribution < -0.4 is 21.5 Å². The van der Waals surface area contributed by atoms with Crippen LogP contribution in [0.1, 0.15) is 23.3 Å². The monoisotopic (exact) mass is 416 g/mol. The van der Waals surface area contributed by atoms with E-state index >= 15 is 0 Å². The van der Waals surface area contributed by atoms with E-state index in [-0.39, 0.29) is 17.5 Å². The highest BCUT2D eigenvalue weighted by Gasteiger charge is 2.26. The number of aromatic nitrogens is 5. The molecule has 0 atom stereocenters. The predicted octanol–water partition coefficient (Wildman–Crippen LogP) is 1.95. The van der Waals surface area contributed by atoms with Gasteiger partial charge in [-0.2, -0.15) is 0 Å². The lowest BCUT2D eigenvalue weighted by Crippen LogP contribution is -2.27. The van der Waals surface area contributed by atoms with Crippen LogP contribution in [0.2, 0.25) is 0 Å². The highest BCUT2D eigenvalue weighted by atomic mass is 16.2. The highest BCUT2D eigenvalue weighted by molar-refractivity contribution is 5.94. The first kappa shape index (κ1) is 18.8. The van der Waals surface area contributed by atoms with E-state index in [0.717, 1.165) is 12.8 Å². The third-order valence-corrected chi connectivity index (χ3v) is 4.99. The Hall–Kier alpha value is -4.21. The minimum Gasteiger partial charge on any atom is -0.385 e. The molecule has 10 heteroatoms. The van der Waals surface area contributed by atoms with Gasteiger partial charge in [0.1, 0.15) is 11.5 Å². The molecule has 31 heavy (non-hydrogen) atoms. The SMILES string of the molecule is CNc1cc(Nc2cccn(-c3ccccn3)c2=O)nn2c(C(=O)NC3CC3)cnc12. The lowest BCUT2D eigenvalue weighted by Gasteiger charge is -2.11. The Morgan fingerprint density at radius 1 is 1.13 bits per heavy atom. The quantitative estimate of drug-likeness (QED) is 0.440. The Morgan fingerprint density at radius 3 is 2.74 bits per heavy atom. The van der Waals surface area contributed by atoms with E-state index in [1.165, 1.54) is 15.3 Å². The second kappa shape index (κ2) is 7.56. The molecule has 1 amide bonds. The molecule has 4 heterocycles. The second-order valence-electron chi connectivity index (χ2n) is 7.23. The summed E-state index contributed by atoms with van der Waals surface area (Å²) in [6.07, 6.45) is 6.76. The van der Waals surface area contributed by atoms with Crippen LogP contribution in [0.15, 0.2) is 59.8 Å². The Kier molecular flexibility index (Phi) is 4.58. The zero-order valence-electron chi connectivity index (χ0n) is 16.7. The number of anilines is 3. The number of amides is 1. The molecule has 4 aromatic heterocycles. The summed E-state index contributed by atoms with van der Waals surface area (Å²) < 4.78 is 2.93. The van der Waals surface area contributed by atoms with E-state index in [0.29, 0.717) is 34.4 Å². The number of carbonyl (C=O) groups is 1. The zero-order chi connectivity index (χ0) is 21.4. The Morgan fingerprint density at radius 2 is 2.00 bits per heavy atom. The van der Waals surface area contributed by atoms with Crippen LogP contribution in [0.5, 0.6) is 0 Å². The van der Waals surface area contributed by atoms with Gasteiger partial charge in [0.2, 0.25) is 0 Å². The molecule has 10 nitrogen and oxygen atoms in total. The average molecular weight is 416 g/mol. The van der Waals surface area contributed by atoms with Gasteiger partial charge in [-0.15, -0.1) is 5.10 Å². The standard InChI is InChI=1S/C21H20N8O2/c1-22-15-11-17(27-29-16(12-24-19(15)29)20(30)25-13-7-8-13)26-14-5-4-10-28(21(14)31)18-6-2-3-9-23-18/h2-6,9-13,22H,7-8H2,1H3,(H,25,30)(H,26,27). The molecule has 0 spiro atoms. The van der Waals surface area contributed by atoms with E-state index in [1.54, 1.807) is 49.8 Å². The molecule has 156 valence electrons. The van der Waals surface area contributed by atoms with Crippen molar-refractivity contribution in [2.75, 3.05) is 17.7 Å². The number of carbonyl (C=O) groups excluding carboxylic acids is 1. The Labute approximate surface area is 177 Å². The maximum atomic E-state index is 13.0. The first-order valence-electron chi connectivity index (χ1n) is 9.91. The summed E-state index contributed by atoms with van der Waals surface area (Å²) in [4.78, 5) is 34.1. The lowest BCUT2D eigenvalue weighted by atomic mass is 10.3. The van der Waals surface area contributed by atoms with Gasteiger partial charge in [-0.1, -0.05) is 6.07 Å². The van der Waals surface area contributed by atoms with Gasteiger partial charge in [0, 0.05) is 31.5 Å². The van der Waals surface area contributed by atoms with Crippen molar-refractivity contribution in [2.45, 2.75) is 18.9 Å². The maximum Gasteiger partial charge on any atom is 0.279 e. The molecule has 1 fully saturated rings. The Bertz CT molecular complexity index is 1320. The lowest BCUT2D eigenvalue weighted by molar-refractivity contribution is 0.0944. The number of pyridine rings is 2. The van der Waals surface area contributed by atoms with Crippen LogP contribution in [0, 0.1) is 0 Å². The molecule has 0 radical (unpaired) electrons. The fourth-order valence-corrected chi connectivity index (χ4v) is 3.26. The van der Waals surface area contributed by atoms with Crippen molar-refractivity contribution in [1.82, 2.24) is 29.5 Å². The van der Waals surface area contributed by atoms with Gasteiger partial charge in [-0.05, 0) is 37.1 Å². The number of rotatable bonds is 6. The van der Waals surface area contributed by atoms with E-state index in [2.05, 4.69) is 31.0 Å². The van der Waals surface area contributed by atoms with Gasteiger partial charge < -0.3 is 16.0 Å². The smallest absolute Gasteiger partial charge is 0.279 e. The summed E-state index contributed by atoms with van der Waals surface area (Å²) in [6.45, 7) is 0.